The summed E-state index contributed by atoms with van der Waals surface area (Å²) in [6.45, 7) is 5.41. The van der Waals surface area contributed by atoms with Gasteiger partial charge in [0.05, 0.1) is 12.7 Å². The summed E-state index contributed by atoms with van der Waals surface area (Å²) in [5.41, 5.74) is 1.26. The van der Waals surface area contributed by atoms with E-state index in [2.05, 4.69) is 41.7 Å². The number of ether oxygens (including phenoxy) is 2. The van der Waals surface area contributed by atoms with Gasteiger partial charge in [0, 0.05) is 25.1 Å². The molecule has 21 heavy (non-hydrogen) atoms. The molecule has 0 radical (unpaired) electrons. The summed E-state index contributed by atoms with van der Waals surface area (Å²) in [5.74, 6) is 0.976. The van der Waals surface area contributed by atoms with Crippen LogP contribution in [0.1, 0.15) is 25.3 Å². The monoisotopic (exact) mass is 285 g/mol. The van der Waals surface area contributed by atoms with E-state index in [9.17, 15) is 0 Å². The number of hydrogen-bond acceptors (Lipinski definition) is 3. The van der Waals surface area contributed by atoms with Crippen molar-refractivity contribution in [1.29, 1.82) is 0 Å². The van der Waals surface area contributed by atoms with Crippen LogP contribution in [0.5, 0.6) is 5.75 Å². The number of benzene rings is 2. The topological polar surface area (TPSA) is 30.5 Å². The minimum absolute atomic E-state index is 0.386. The van der Waals surface area contributed by atoms with Gasteiger partial charge in [0.1, 0.15) is 5.75 Å². The van der Waals surface area contributed by atoms with Crippen LogP contribution in [0.4, 0.5) is 0 Å². The zero-order valence-electron chi connectivity index (χ0n) is 12.6. The molecule has 112 valence electrons. The Morgan fingerprint density at radius 1 is 1.29 bits per heavy atom. The SMILES string of the molecule is CCOc1cc(CNCC2CCCO2)cc2ccccc12. The number of nitrogens with one attached hydrogen (secondary N) is 1. The van der Waals surface area contributed by atoms with Gasteiger partial charge in [-0.3, -0.25) is 0 Å². The summed E-state index contributed by atoms with van der Waals surface area (Å²) in [7, 11) is 0. The number of rotatable bonds is 6. The molecule has 0 aromatic heterocycles. The smallest absolute Gasteiger partial charge is 0.127 e. The van der Waals surface area contributed by atoms with Crippen molar-refractivity contribution in [3.05, 3.63) is 42.0 Å². The van der Waals surface area contributed by atoms with Crippen LogP contribution in [-0.4, -0.2) is 25.9 Å². The quantitative estimate of drug-likeness (QED) is 0.881. The van der Waals surface area contributed by atoms with Crippen LogP contribution >= 0.6 is 0 Å². The highest BCUT2D eigenvalue weighted by Gasteiger charge is 2.14. The fraction of sp³-hybridized carbons (Fsp3) is 0.444. The predicted molar refractivity (Wildman–Crippen MR) is 85.8 cm³/mol. The molecule has 0 aliphatic carbocycles. The molecule has 0 bridgehead atoms. The molecule has 3 heteroatoms. The molecule has 1 atom stereocenters. The average molecular weight is 285 g/mol. The standard InChI is InChI=1S/C18H23NO2/c1-2-20-18-11-14(10-15-6-3-4-8-17(15)18)12-19-13-16-7-5-9-21-16/h3-4,6,8,10-11,16,19H,2,5,7,9,12-13H2,1H3. The van der Waals surface area contributed by atoms with Gasteiger partial charge in [-0.15, -0.1) is 0 Å². The molecule has 0 saturated carbocycles. The lowest BCUT2D eigenvalue weighted by Crippen LogP contribution is -2.25. The van der Waals surface area contributed by atoms with E-state index in [1.807, 2.05) is 6.92 Å². The second-order valence-corrected chi connectivity index (χ2v) is 5.51. The van der Waals surface area contributed by atoms with E-state index < -0.39 is 0 Å². The Bertz CT molecular complexity index is 591. The van der Waals surface area contributed by atoms with Gasteiger partial charge in [-0.1, -0.05) is 24.3 Å². The Balaban J connectivity index is 1.71. The third kappa shape index (κ3) is 3.55. The van der Waals surface area contributed by atoms with Crippen LogP contribution in [0.15, 0.2) is 36.4 Å². The minimum atomic E-state index is 0.386. The maximum atomic E-state index is 5.79. The summed E-state index contributed by atoms with van der Waals surface area (Å²) >= 11 is 0. The fourth-order valence-electron chi connectivity index (χ4n) is 2.89. The number of hydrogen-bond donors (Lipinski definition) is 1. The average Bonchev–Trinajstić information content (AvgIpc) is 3.01. The van der Waals surface area contributed by atoms with Crippen molar-refractivity contribution in [2.45, 2.75) is 32.4 Å². The van der Waals surface area contributed by atoms with Crippen molar-refractivity contribution in [3.63, 3.8) is 0 Å². The van der Waals surface area contributed by atoms with Gasteiger partial charge in [0.2, 0.25) is 0 Å². The van der Waals surface area contributed by atoms with Gasteiger partial charge in [0.15, 0.2) is 0 Å². The highest BCUT2D eigenvalue weighted by atomic mass is 16.5. The maximum Gasteiger partial charge on any atom is 0.127 e. The van der Waals surface area contributed by atoms with Gasteiger partial charge in [0.25, 0.3) is 0 Å². The molecule has 0 spiro atoms. The van der Waals surface area contributed by atoms with Crippen molar-refractivity contribution in [2.75, 3.05) is 19.8 Å². The van der Waals surface area contributed by atoms with Crippen molar-refractivity contribution in [1.82, 2.24) is 5.32 Å². The zero-order valence-corrected chi connectivity index (χ0v) is 12.6. The molecule has 1 fully saturated rings. The third-order valence-electron chi connectivity index (χ3n) is 3.91. The summed E-state index contributed by atoms with van der Waals surface area (Å²) in [4.78, 5) is 0. The normalized spacial score (nSPS) is 18.2. The molecule has 0 amide bonds. The molecule has 1 heterocycles. The summed E-state index contributed by atoms with van der Waals surface area (Å²) in [6.07, 6.45) is 2.75. The fourth-order valence-corrected chi connectivity index (χ4v) is 2.89. The first-order valence-corrected chi connectivity index (χ1v) is 7.83. The van der Waals surface area contributed by atoms with Crippen molar-refractivity contribution in [3.8, 4) is 5.75 Å². The largest absolute Gasteiger partial charge is 0.493 e. The van der Waals surface area contributed by atoms with E-state index in [0.29, 0.717) is 12.7 Å². The lowest BCUT2D eigenvalue weighted by Gasteiger charge is -2.13. The molecule has 1 aliphatic rings. The highest BCUT2D eigenvalue weighted by Crippen LogP contribution is 2.27. The lowest BCUT2D eigenvalue weighted by molar-refractivity contribution is 0.110. The van der Waals surface area contributed by atoms with Gasteiger partial charge in [-0.2, -0.15) is 0 Å². The minimum Gasteiger partial charge on any atom is -0.493 e. The Labute approximate surface area is 126 Å². The van der Waals surface area contributed by atoms with E-state index in [1.165, 1.54) is 29.2 Å². The van der Waals surface area contributed by atoms with E-state index in [0.717, 1.165) is 25.4 Å². The van der Waals surface area contributed by atoms with Crippen LogP contribution in [-0.2, 0) is 11.3 Å². The summed E-state index contributed by atoms with van der Waals surface area (Å²) in [5, 5.41) is 5.91. The zero-order chi connectivity index (χ0) is 14.5. The second-order valence-electron chi connectivity index (χ2n) is 5.51. The molecule has 3 nitrogen and oxygen atoms in total. The predicted octanol–water partition coefficient (Wildman–Crippen LogP) is 3.51. The van der Waals surface area contributed by atoms with Crippen molar-refractivity contribution < 1.29 is 9.47 Å². The molecule has 1 saturated heterocycles. The first-order chi connectivity index (χ1) is 10.4. The van der Waals surface area contributed by atoms with Gasteiger partial charge < -0.3 is 14.8 Å². The number of fused-ring (bicyclic) bond motifs is 1. The molecule has 3 rings (SSSR count). The summed E-state index contributed by atoms with van der Waals surface area (Å²) in [6, 6.07) is 12.8. The third-order valence-corrected chi connectivity index (χ3v) is 3.91. The highest BCUT2D eigenvalue weighted by molar-refractivity contribution is 5.89. The molecule has 1 aliphatic heterocycles. The van der Waals surface area contributed by atoms with Crippen LogP contribution < -0.4 is 10.1 Å². The first-order valence-electron chi connectivity index (χ1n) is 7.83. The van der Waals surface area contributed by atoms with Crippen LogP contribution in [0.3, 0.4) is 0 Å². The second kappa shape index (κ2) is 6.92. The van der Waals surface area contributed by atoms with Gasteiger partial charge in [-0.05, 0) is 42.8 Å². The lowest BCUT2D eigenvalue weighted by atomic mass is 10.1. The van der Waals surface area contributed by atoms with Crippen LogP contribution in [0.25, 0.3) is 10.8 Å². The molecule has 2 aromatic carbocycles. The van der Waals surface area contributed by atoms with Gasteiger partial charge >= 0.3 is 0 Å². The molecular weight excluding hydrogens is 262 g/mol. The maximum absolute atomic E-state index is 5.79. The van der Waals surface area contributed by atoms with Crippen molar-refractivity contribution >= 4 is 10.8 Å². The van der Waals surface area contributed by atoms with Crippen molar-refractivity contribution in [2.24, 2.45) is 0 Å². The van der Waals surface area contributed by atoms with Crippen LogP contribution in [0, 0.1) is 0 Å². The molecule has 1 N–H and O–H groups in total. The molecule has 1 unspecified atom stereocenters. The Morgan fingerprint density at radius 3 is 3.00 bits per heavy atom. The van der Waals surface area contributed by atoms with Crippen LogP contribution in [0.2, 0.25) is 0 Å². The molecular formula is C18H23NO2. The van der Waals surface area contributed by atoms with Gasteiger partial charge in [-0.25, -0.2) is 0 Å². The van der Waals surface area contributed by atoms with E-state index in [1.54, 1.807) is 0 Å². The Hall–Kier alpha value is -1.58. The van der Waals surface area contributed by atoms with E-state index in [-0.39, 0.29) is 0 Å². The Morgan fingerprint density at radius 2 is 2.19 bits per heavy atom. The summed E-state index contributed by atoms with van der Waals surface area (Å²) < 4.78 is 11.4. The Kier molecular flexibility index (Phi) is 4.73. The van der Waals surface area contributed by atoms with E-state index >= 15 is 0 Å². The first kappa shape index (κ1) is 14.4. The van der Waals surface area contributed by atoms with E-state index in [4.69, 9.17) is 9.47 Å². The molecule has 2 aromatic rings.